The third kappa shape index (κ3) is 4.01. The van der Waals surface area contributed by atoms with Crippen molar-refractivity contribution in [2.24, 2.45) is 0 Å². The Morgan fingerprint density at radius 1 is 1.14 bits per heavy atom. The molecule has 0 saturated heterocycles. The van der Waals surface area contributed by atoms with E-state index < -0.39 is 0 Å². The Morgan fingerprint density at radius 2 is 1.86 bits per heavy atom. The second-order valence-electron chi connectivity index (χ2n) is 3.46. The molecule has 1 nitrogen and oxygen atoms in total. The van der Waals surface area contributed by atoms with Crippen LogP contribution in [-0.4, -0.2) is 6.54 Å². The minimum atomic E-state index is 0.593. The Bertz CT molecular complexity index is 243. The molecule has 1 rings (SSSR count). The van der Waals surface area contributed by atoms with E-state index in [-0.39, 0.29) is 0 Å². The fraction of sp³-hybridized carbons (Fsp3) is 0.500. The summed E-state index contributed by atoms with van der Waals surface area (Å²) in [5, 5.41) is 3.39. The second-order valence-corrected chi connectivity index (χ2v) is 3.73. The first-order valence-electron chi connectivity index (χ1n) is 5.25. The Kier molecular flexibility index (Phi) is 5.46. The lowest BCUT2D eigenvalue weighted by Crippen LogP contribution is -2.00. The van der Waals surface area contributed by atoms with Crippen molar-refractivity contribution in [3.8, 4) is 0 Å². The lowest BCUT2D eigenvalue weighted by atomic mass is 10.2. The highest BCUT2D eigenvalue weighted by Crippen LogP contribution is 2.11. The standard InChI is InChI=1S/C12H18ClN/c1-2-3-4-9-14-12-7-5-11(10-13)6-8-12/h5-8,14H,2-4,9-10H2,1H3. The smallest absolute Gasteiger partial charge is 0.0474 e. The van der Waals surface area contributed by atoms with E-state index >= 15 is 0 Å². The predicted molar refractivity (Wildman–Crippen MR) is 64.0 cm³/mol. The van der Waals surface area contributed by atoms with Crippen LogP contribution in [0.4, 0.5) is 5.69 Å². The summed E-state index contributed by atoms with van der Waals surface area (Å²) >= 11 is 5.70. The Labute approximate surface area is 91.5 Å². The van der Waals surface area contributed by atoms with Crippen molar-refractivity contribution in [2.75, 3.05) is 11.9 Å². The molecular weight excluding hydrogens is 194 g/mol. The monoisotopic (exact) mass is 211 g/mol. The molecule has 2 heteroatoms. The topological polar surface area (TPSA) is 12.0 Å². The van der Waals surface area contributed by atoms with Crippen LogP contribution in [-0.2, 0) is 5.88 Å². The minimum Gasteiger partial charge on any atom is -0.385 e. The Hall–Kier alpha value is -0.690. The van der Waals surface area contributed by atoms with Gasteiger partial charge in [-0.3, -0.25) is 0 Å². The first kappa shape index (κ1) is 11.4. The van der Waals surface area contributed by atoms with Crippen molar-refractivity contribution in [1.82, 2.24) is 0 Å². The second kappa shape index (κ2) is 6.72. The van der Waals surface area contributed by atoms with Gasteiger partial charge in [0.1, 0.15) is 0 Å². The van der Waals surface area contributed by atoms with E-state index in [4.69, 9.17) is 11.6 Å². The summed E-state index contributed by atoms with van der Waals surface area (Å²) in [7, 11) is 0. The minimum absolute atomic E-state index is 0.593. The average Bonchev–Trinajstić information content (AvgIpc) is 2.25. The summed E-state index contributed by atoms with van der Waals surface area (Å²) < 4.78 is 0. The highest BCUT2D eigenvalue weighted by Gasteiger charge is 1.92. The number of unbranched alkanes of at least 4 members (excludes halogenated alkanes) is 2. The van der Waals surface area contributed by atoms with E-state index in [2.05, 4.69) is 36.5 Å². The third-order valence-electron chi connectivity index (χ3n) is 2.22. The first-order chi connectivity index (χ1) is 6.86. The van der Waals surface area contributed by atoms with Crippen LogP contribution in [0.25, 0.3) is 0 Å². The van der Waals surface area contributed by atoms with Crippen LogP contribution < -0.4 is 5.32 Å². The lowest BCUT2D eigenvalue weighted by Gasteiger charge is -2.05. The molecule has 0 fully saturated rings. The van der Waals surface area contributed by atoms with E-state index in [9.17, 15) is 0 Å². The molecule has 0 saturated carbocycles. The van der Waals surface area contributed by atoms with Gasteiger partial charge in [-0.2, -0.15) is 0 Å². The van der Waals surface area contributed by atoms with Gasteiger partial charge in [0, 0.05) is 18.1 Å². The molecule has 0 spiro atoms. The average molecular weight is 212 g/mol. The lowest BCUT2D eigenvalue weighted by molar-refractivity contribution is 0.744. The molecule has 78 valence electrons. The van der Waals surface area contributed by atoms with Gasteiger partial charge in [-0.25, -0.2) is 0 Å². The van der Waals surface area contributed by atoms with Gasteiger partial charge in [-0.05, 0) is 24.1 Å². The molecule has 0 aromatic heterocycles. The summed E-state index contributed by atoms with van der Waals surface area (Å²) in [6.07, 6.45) is 3.81. The molecule has 0 unspecified atom stereocenters. The van der Waals surface area contributed by atoms with E-state index in [1.165, 1.54) is 30.5 Å². The normalized spacial score (nSPS) is 10.1. The molecule has 0 heterocycles. The van der Waals surface area contributed by atoms with Crippen LogP contribution in [0.5, 0.6) is 0 Å². The Morgan fingerprint density at radius 3 is 2.43 bits per heavy atom. The van der Waals surface area contributed by atoms with Crippen molar-refractivity contribution in [3.05, 3.63) is 29.8 Å². The summed E-state index contributed by atoms with van der Waals surface area (Å²) in [5.41, 5.74) is 2.36. The van der Waals surface area contributed by atoms with Gasteiger partial charge in [0.15, 0.2) is 0 Å². The third-order valence-corrected chi connectivity index (χ3v) is 2.53. The largest absolute Gasteiger partial charge is 0.385 e. The first-order valence-corrected chi connectivity index (χ1v) is 5.79. The van der Waals surface area contributed by atoms with Crippen LogP contribution in [0.15, 0.2) is 24.3 Å². The Balaban J connectivity index is 2.29. The highest BCUT2D eigenvalue weighted by atomic mass is 35.5. The van der Waals surface area contributed by atoms with Crippen molar-refractivity contribution in [3.63, 3.8) is 0 Å². The van der Waals surface area contributed by atoms with Crippen LogP contribution in [0, 0.1) is 0 Å². The van der Waals surface area contributed by atoms with Gasteiger partial charge >= 0.3 is 0 Å². The fourth-order valence-electron chi connectivity index (χ4n) is 1.32. The molecule has 0 aliphatic carbocycles. The predicted octanol–water partition coefficient (Wildman–Crippen LogP) is 4.03. The van der Waals surface area contributed by atoms with E-state index in [0.29, 0.717) is 5.88 Å². The molecule has 0 amide bonds. The number of nitrogens with one attached hydrogen (secondary N) is 1. The number of benzene rings is 1. The number of alkyl halides is 1. The van der Waals surface area contributed by atoms with Crippen molar-refractivity contribution >= 4 is 17.3 Å². The molecule has 1 N–H and O–H groups in total. The van der Waals surface area contributed by atoms with Crippen molar-refractivity contribution in [2.45, 2.75) is 32.1 Å². The zero-order valence-corrected chi connectivity index (χ0v) is 9.48. The summed E-state index contributed by atoms with van der Waals surface area (Å²) in [6, 6.07) is 8.30. The number of halogens is 1. The number of hydrogen-bond acceptors (Lipinski definition) is 1. The molecular formula is C12H18ClN. The maximum absolute atomic E-state index is 5.70. The van der Waals surface area contributed by atoms with Gasteiger partial charge in [0.25, 0.3) is 0 Å². The van der Waals surface area contributed by atoms with E-state index in [0.717, 1.165) is 6.54 Å². The van der Waals surface area contributed by atoms with E-state index in [1.807, 2.05) is 0 Å². The van der Waals surface area contributed by atoms with Crippen LogP contribution in [0.2, 0.25) is 0 Å². The quantitative estimate of drug-likeness (QED) is 0.554. The maximum atomic E-state index is 5.70. The molecule has 1 aromatic rings. The summed E-state index contributed by atoms with van der Waals surface area (Å²) in [5.74, 6) is 0.593. The van der Waals surface area contributed by atoms with Crippen molar-refractivity contribution < 1.29 is 0 Å². The zero-order chi connectivity index (χ0) is 10.2. The summed E-state index contributed by atoms with van der Waals surface area (Å²) in [6.45, 7) is 3.28. The number of hydrogen-bond donors (Lipinski definition) is 1. The zero-order valence-electron chi connectivity index (χ0n) is 8.72. The number of rotatable bonds is 6. The molecule has 14 heavy (non-hydrogen) atoms. The SMILES string of the molecule is CCCCCNc1ccc(CCl)cc1. The van der Waals surface area contributed by atoms with Crippen LogP contribution in [0.1, 0.15) is 31.7 Å². The summed E-state index contributed by atoms with van der Waals surface area (Å²) in [4.78, 5) is 0. The van der Waals surface area contributed by atoms with Gasteiger partial charge < -0.3 is 5.32 Å². The maximum Gasteiger partial charge on any atom is 0.0474 e. The molecule has 0 aliphatic rings. The van der Waals surface area contributed by atoms with Gasteiger partial charge in [-0.15, -0.1) is 11.6 Å². The van der Waals surface area contributed by atoms with Crippen LogP contribution >= 0.6 is 11.6 Å². The van der Waals surface area contributed by atoms with Crippen LogP contribution in [0.3, 0.4) is 0 Å². The molecule has 0 radical (unpaired) electrons. The van der Waals surface area contributed by atoms with Gasteiger partial charge in [0.05, 0.1) is 0 Å². The molecule has 0 aliphatic heterocycles. The van der Waals surface area contributed by atoms with Crippen molar-refractivity contribution in [1.29, 1.82) is 0 Å². The van der Waals surface area contributed by atoms with Gasteiger partial charge in [-0.1, -0.05) is 31.9 Å². The fourth-order valence-corrected chi connectivity index (χ4v) is 1.50. The molecule has 1 aromatic carbocycles. The number of anilines is 1. The van der Waals surface area contributed by atoms with Gasteiger partial charge in [0.2, 0.25) is 0 Å². The molecule has 0 atom stereocenters. The molecule has 0 bridgehead atoms. The van der Waals surface area contributed by atoms with E-state index in [1.54, 1.807) is 0 Å². The highest BCUT2D eigenvalue weighted by molar-refractivity contribution is 6.17.